The molecule has 0 spiro atoms. The number of fused-ring (bicyclic) bond motifs is 1. The van der Waals surface area contributed by atoms with Gasteiger partial charge in [-0.2, -0.15) is 5.10 Å². The van der Waals surface area contributed by atoms with E-state index in [-0.39, 0.29) is 27.5 Å². The maximum absolute atomic E-state index is 12.9. The summed E-state index contributed by atoms with van der Waals surface area (Å²) >= 11 is 0.792. The lowest BCUT2D eigenvalue weighted by molar-refractivity contribution is -0.380. The Kier molecular flexibility index (Phi) is 6.25. The number of nitrogens with one attached hydrogen (secondary N) is 1. The van der Waals surface area contributed by atoms with Crippen molar-refractivity contribution in [1.29, 1.82) is 0 Å². The van der Waals surface area contributed by atoms with Crippen molar-refractivity contribution in [1.82, 2.24) is 24.6 Å². The fourth-order valence-electron chi connectivity index (χ4n) is 4.17. The average Bonchev–Trinajstić information content (AvgIpc) is 3.57. The lowest BCUT2D eigenvalue weighted by Gasteiger charge is -2.30. The minimum atomic E-state index is -0.532. The van der Waals surface area contributed by atoms with Crippen molar-refractivity contribution in [3.63, 3.8) is 0 Å². The van der Waals surface area contributed by atoms with Crippen molar-refractivity contribution < 1.29 is 14.5 Å². The van der Waals surface area contributed by atoms with E-state index in [4.69, 9.17) is 4.98 Å². The van der Waals surface area contributed by atoms with Crippen molar-refractivity contribution in [2.24, 2.45) is 0 Å². The first-order chi connectivity index (χ1) is 17.4. The quantitative estimate of drug-likeness (QED) is 0.239. The Morgan fingerprint density at radius 3 is 2.56 bits per heavy atom. The highest BCUT2D eigenvalue weighted by Crippen LogP contribution is 2.31. The zero-order valence-corrected chi connectivity index (χ0v) is 19.9. The number of benzene rings is 1. The molecule has 5 rings (SSSR count). The SMILES string of the molecule is C=CC(=O)N1CCC(c2nc(NC(=O)c3ccc([N+](=O)[O-])s3)c3cnn(-c4ccccc4)c3n2)CC1. The molecule has 1 aliphatic heterocycles. The van der Waals surface area contributed by atoms with E-state index in [1.807, 2.05) is 30.3 Å². The van der Waals surface area contributed by atoms with Gasteiger partial charge in [-0.15, -0.1) is 0 Å². The van der Waals surface area contributed by atoms with E-state index in [1.165, 1.54) is 18.2 Å². The minimum absolute atomic E-state index is 0.0270. The summed E-state index contributed by atoms with van der Waals surface area (Å²) in [6.07, 6.45) is 4.22. The van der Waals surface area contributed by atoms with Crippen LogP contribution < -0.4 is 5.32 Å². The van der Waals surface area contributed by atoms with E-state index in [1.54, 1.807) is 15.8 Å². The standard InChI is InChI=1S/C24H21N7O4S/c1-2-19(32)29-12-10-15(11-13-29)21-26-22(28-24(33)18-8-9-20(36-18)31(34)35)17-14-25-30(23(17)27-21)16-6-4-3-5-7-16/h2-9,14-15H,1,10-13H2,(H,26,27,28,33). The zero-order valence-electron chi connectivity index (χ0n) is 19.0. The van der Waals surface area contributed by atoms with Crippen LogP contribution in [0.5, 0.6) is 0 Å². The molecule has 1 saturated heterocycles. The van der Waals surface area contributed by atoms with E-state index in [9.17, 15) is 19.7 Å². The Morgan fingerprint density at radius 2 is 1.89 bits per heavy atom. The van der Waals surface area contributed by atoms with Crippen molar-refractivity contribution in [3.8, 4) is 5.69 Å². The molecule has 36 heavy (non-hydrogen) atoms. The van der Waals surface area contributed by atoms with Gasteiger partial charge in [0.2, 0.25) is 5.91 Å². The molecule has 0 radical (unpaired) electrons. The van der Waals surface area contributed by atoms with E-state index >= 15 is 0 Å². The van der Waals surface area contributed by atoms with Crippen LogP contribution in [0.1, 0.15) is 34.3 Å². The number of nitrogens with zero attached hydrogens (tertiary/aromatic N) is 6. The highest BCUT2D eigenvalue weighted by atomic mass is 32.1. The number of anilines is 1. The summed E-state index contributed by atoms with van der Waals surface area (Å²) in [5.74, 6) is 0.185. The molecular formula is C24H21N7O4S. The maximum Gasteiger partial charge on any atom is 0.324 e. The molecule has 1 fully saturated rings. The van der Waals surface area contributed by atoms with E-state index in [0.29, 0.717) is 42.8 Å². The smallest absolute Gasteiger partial charge is 0.324 e. The second-order valence-corrected chi connectivity index (χ2v) is 9.27. The van der Waals surface area contributed by atoms with Gasteiger partial charge in [-0.1, -0.05) is 36.1 Å². The van der Waals surface area contributed by atoms with Crippen LogP contribution in [0.3, 0.4) is 0 Å². The summed E-state index contributed by atoms with van der Waals surface area (Å²) in [6.45, 7) is 4.65. The third-order valence-electron chi connectivity index (χ3n) is 6.02. The molecule has 0 unspecified atom stereocenters. The number of hydrogen-bond acceptors (Lipinski definition) is 8. The van der Waals surface area contributed by atoms with Crippen molar-refractivity contribution in [3.05, 3.63) is 82.1 Å². The van der Waals surface area contributed by atoms with Gasteiger partial charge in [-0.3, -0.25) is 19.7 Å². The fraction of sp³-hybridized carbons (Fsp3) is 0.208. The number of likely N-dealkylation sites (tertiary alicyclic amines) is 1. The predicted octanol–water partition coefficient (Wildman–Crippen LogP) is 3.93. The van der Waals surface area contributed by atoms with Crippen molar-refractivity contribution in [2.45, 2.75) is 18.8 Å². The number of carbonyl (C=O) groups is 2. The number of rotatable bonds is 6. The van der Waals surface area contributed by atoms with Gasteiger partial charge in [0.1, 0.15) is 11.6 Å². The monoisotopic (exact) mass is 503 g/mol. The van der Waals surface area contributed by atoms with Crippen molar-refractivity contribution >= 4 is 45.0 Å². The van der Waals surface area contributed by atoms with E-state index in [0.717, 1.165) is 17.0 Å². The van der Waals surface area contributed by atoms with Crippen LogP contribution in [0.25, 0.3) is 16.7 Å². The Balaban J connectivity index is 1.52. The average molecular weight is 504 g/mol. The molecule has 0 atom stereocenters. The zero-order chi connectivity index (χ0) is 25.2. The molecule has 3 aromatic heterocycles. The summed E-state index contributed by atoms with van der Waals surface area (Å²) in [6, 6.07) is 12.2. The lowest BCUT2D eigenvalue weighted by Crippen LogP contribution is -2.37. The van der Waals surface area contributed by atoms with Gasteiger partial charge in [0, 0.05) is 25.1 Å². The fourth-order valence-corrected chi connectivity index (χ4v) is 4.88. The highest BCUT2D eigenvalue weighted by Gasteiger charge is 2.27. The predicted molar refractivity (Wildman–Crippen MR) is 134 cm³/mol. The second kappa shape index (κ2) is 9.66. The first kappa shape index (κ1) is 23.3. The Morgan fingerprint density at radius 1 is 1.14 bits per heavy atom. The van der Waals surface area contributed by atoms with Crippen molar-refractivity contribution in [2.75, 3.05) is 18.4 Å². The molecule has 1 aromatic carbocycles. The van der Waals surface area contributed by atoms with Gasteiger partial charge in [0.15, 0.2) is 5.65 Å². The van der Waals surface area contributed by atoms with Crippen LogP contribution in [-0.2, 0) is 4.79 Å². The largest absolute Gasteiger partial charge is 0.339 e. The number of thiophene rings is 1. The minimum Gasteiger partial charge on any atom is -0.339 e. The van der Waals surface area contributed by atoms with Gasteiger partial charge in [0.05, 0.1) is 27.1 Å². The van der Waals surface area contributed by atoms with Gasteiger partial charge in [0.25, 0.3) is 5.91 Å². The number of nitro groups is 1. The van der Waals surface area contributed by atoms with Crippen LogP contribution in [0.15, 0.2) is 61.3 Å². The van der Waals surface area contributed by atoms with Gasteiger partial charge >= 0.3 is 5.00 Å². The van der Waals surface area contributed by atoms with E-state index in [2.05, 4.69) is 22.0 Å². The Bertz CT molecular complexity index is 1470. The van der Waals surface area contributed by atoms with E-state index < -0.39 is 10.8 Å². The number of amides is 2. The van der Waals surface area contributed by atoms with Gasteiger partial charge < -0.3 is 10.2 Å². The molecule has 2 amide bonds. The number of hydrogen-bond donors (Lipinski definition) is 1. The summed E-state index contributed by atoms with van der Waals surface area (Å²) in [5, 5.41) is 18.7. The molecule has 4 heterocycles. The normalized spacial score (nSPS) is 14.1. The first-order valence-corrected chi connectivity index (χ1v) is 12.0. The van der Waals surface area contributed by atoms with Crippen LogP contribution in [0, 0.1) is 10.1 Å². The number of para-hydroxylation sites is 1. The first-order valence-electron chi connectivity index (χ1n) is 11.2. The summed E-state index contributed by atoms with van der Waals surface area (Å²) in [4.78, 5) is 46.9. The Hall–Kier alpha value is -4.45. The molecular weight excluding hydrogens is 482 g/mol. The molecule has 0 bridgehead atoms. The summed E-state index contributed by atoms with van der Waals surface area (Å²) < 4.78 is 1.68. The van der Waals surface area contributed by atoms with Crippen LogP contribution in [0.4, 0.5) is 10.8 Å². The van der Waals surface area contributed by atoms with Crippen LogP contribution in [0.2, 0.25) is 0 Å². The maximum atomic E-state index is 12.9. The molecule has 1 aliphatic rings. The second-order valence-electron chi connectivity index (χ2n) is 8.21. The number of aromatic nitrogens is 4. The lowest BCUT2D eigenvalue weighted by atomic mass is 9.95. The third kappa shape index (κ3) is 4.45. The molecule has 182 valence electrons. The van der Waals surface area contributed by atoms with Gasteiger partial charge in [-0.05, 0) is 37.1 Å². The summed E-state index contributed by atoms with van der Waals surface area (Å²) in [5.41, 5.74) is 1.33. The molecule has 4 aromatic rings. The third-order valence-corrected chi connectivity index (χ3v) is 7.06. The molecule has 0 aliphatic carbocycles. The van der Waals surface area contributed by atoms with Gasteiger partial charge in [-0.25, -0.2) is 14.6 Å². The topological polar surface area (TPSA) is 136 Å². The number of carbonyl (C=O) groups excluding carboxylic acids is 2. The molecule has 0 saturated carbocycles. The molecule has 12 heteroatoms. The summed E-state index contributed by atoms with van der Waals surface area (Å²) in [7, 11) is 0. The Labute approximate surface area is 209 Å². The number of piperidine rings is 1. The molecule has 11 nitrogen and oxygen atoms in total. The molecule has 1 N–H and O–H groups in total. The highest BCUT2D eigenvalue weighted by molar-refractivity contribution is 7.17. The van der Waals surface area contributed by atoms with Crippen LogP contribution in [-0.4, -0.2) is 54.5 Å². The van der Waals surface area contributed by atoms with Crippen LogP contribution >= 0.6 is 11.3 Å².